The van der Waals surface area contributed by atoms with Crippen molar-refractivity contribution in [2.45, 2.75) is 36.1 Å². The lowest BCUT2D eigenvalue weighted by Gasteiger charge is -2.06. The molecule has 2 N–H and O–H groups in total. The molecule has 2 heterocycles. The number of rotatable bonds is 5. The van der Waals surface area contributed by atoms with Crippen LogP contribution in [0.2, 0.25) is 0 Å². The van der Waals surface area contributed by atoms with Crippen molar-refractivity contribution in [3.05, 3.63) is 41.8 Å². The van der Waals surface area contributed by atoms with Gasteiger partial charge in [0.15, 0.2) is 5.82 Å². The Hall–Kier alpha value is -2.42. The molecule has 124 valence electrons. The molecule has 0 bridgehead atoms. The van der Waals surface area contributed by atoms with E-state index < -0.39 is 0 Å². The lowest BCUT2D eigenvalue weighted by molar-refractivity contribution is 0.508. The Morgan fingerprint density at radius 3 is 2.67 bits per heavy atom. The van der Waals surface area contributed by atoms with Gasteiger partial charge in [-0.2, -0.15) is 0 Å². The number of halogens is 1. The van der Waals surface area contributed by atoms with Crippen LogP contribution in [0.5, 0.6) is 0 Å². The van der Waals surface area contributed by atoms with E-state index in [0.717, 1.165) is 18.7 Å². The number of nitrogens with two attached hydrogens (primary N) is 1. The molecule has 0 amide bonds. The Kier molecular flexibility index (Phi) is 3.72. The first-order valence-electron chi connectivity index (χ1n) is 7.58. The van der Waals surface area contributed by atoms with Crippen LogP contribution in [-0.2, 0) is 0 Å². The summed E-state index contributed by atoms with van der Waals surface area (Å²) < 4.78 is 20.2. The first kappa shape index (κ1) is 15.1. The van der Waals surface area contributed by atoms with Crippen molar-refractivity contribution < 1.29 is 8.81 Å². The van der Waals surface area contributed by atoms with Crippen molar-refractivity contribution in [3.63, 3.8) is 0 Å². The molecule has 1 aromatic carbocycles. The first-order valence-corrected chi connectivity index (χ1v) is 8.46. The average molecular weight is 346 g/mol. The van der Waals surface area contributed by atoms with Gasteiger partial charge in [0.25, 0.3) is 0 Å². The van der Waals surface area contributed by atoms with Gasteiger partial charge >= 0.3 is 0 Å². The SMILES string of the molecule is C[C@H](Sc1nnc(C2CC2)n1N)c1nnc(-c2ccc(F)cc2)o1. The highest BCUT2D eigenvalue weighted by molar-refractivity contribution is 7.99. The summed E-state index contributed by atoms with van der Waals surface area (Å²) in [5.41, 5.74) is 0.672. The number of hydrogen-bond donors (Lipinski definition) is 1. The van der Waals surface area contributed by atoms with Crippen LogP contribution in [0.15, 0.2) is 33.8 Å². The van der Waals surface area contributed by atoms with E-state index in [0.29, 0.717) is 28.4 Å². The van der Waals surface area contributed by atoms with Gasteiger partial charge in [0.2, 0.25) is 16.9 Å². The lowest BCUT2D eigenvalue weighted by Crippen LogP contribution is -2.13. The lowest BCUT2D eigenvalue weighted by atomic mass is 10.2. The highest BCUT2D eigenvalue weighted by Crippen LogP contribution is 2.40. The minimum absolute atomic E-state index is 0.134. The van der Waals surface area contributed by atoms with Gasteiger partial charge < -0.3 is 10.3 Å². The smallest absolute Gasteiger partial charge is 0.247 e. The Balaban J connectivity index is 1.50. The zero-order valence-electron chi connectivity index (χ0n) is 12.9. The summed E-state index contributed by atoms with van der Waals surface area (Å²) >= 11 is 1.41. The minimum Gasteiger partial charge on any atom is -0.419 e. The highest BCUT2D eigenvalue weighted by atomic mass is 32.2. The van der Waals surface area contributed by atoms with Crippen LogP contribution in [-0.4, -0.2) is 25.1 Å². The summed E-state index contributed by atoms with van der Waals surface area (Å²) in [6, 6.07) is 5.91. The second kappa shape index (κ2) is 5.90. The van der Waals surface area contributed by atoms with E-state index in [9.17, 15) is 4.39 Å². The Bertz CT molecular complexity index is 857. The Morgan fingerprint density at radius 1 is 1.21 bits per heavy atom. The van der Waals surface area contributed by atoms with Crippen molar-refractivity contribution >= 4 is 11.8 Å². The summed E-state index contributed by atoms with van der Waals surface area (Å²) in [5.74, 6) is 7.80. The average Bonchev–Trinajstić information content (AvgIpc) is 3.18. The topological polar surface area (TPSA) is 95.7 Å². The summed E-state index contributed by atoms with van der Waals surface area (Å²) in [6.07, 6.45) is 2.22. The molecule has 0 unspecified atom stereocenters. The summed E-state index contributed by atoms with van der Waals surface area (Å²) in [6.45, 7) is 1.93. The molecule has 9 heteroatoms. The van der Waals surface area contributed by atoms with Gasteiger partial charge in [-0.15, -0.1) is 20.4 Å². The van der Waals surface area contributed by atoms with E-state index in [2.05, 4.69) is 20.4 Å². The third kappa shape index (κ3) is 2.86. The van der Waals surface area contributed by atoms with E-state index >= 15 is 0 Å². The van der Waals surface area contributed by atoms with Crippen LogP contribution in [0.1, 0.15) is 42.6 Å². The molecule has 0 spiro atoms. The van der Waals surface area contributed by atoms with Crippen LogP contribution in [0.4, 0.5) is 4.39 Å². The quantitative estimate of drug-likeness (QED) is 0.560. The van der Waals surface area contributed by atoms with Gasteiger partial charge in [0, 0.05) is 11.5 Å². The minimum atomic E-state index is -0.309. The fourth-order valence-electron chi connectivity index (χ4n) is 2.31. The van der Waals surface area contributed by atoms with Crippen LogP contribution in [0, 0.1) is 5.82 Å². The van der Waals surface area contributed by atoms with Gasteiger partial charge in [-0.25, -0.2) is 9.07 Å². The number of aromatic nitrogens is 5. The number of hydrogen-bond acceptors (Lipinski definition) is 7. The van der Waals surface area contributed by atoms with E-state index in [1.54, 1.807) is 12.1 Å². The summed E-state index contributed by atoms with van der Waals surface area (Å²) in [5, 5.41) is 16.9. The van der Waals surface area contributed by atoms with Crippen LogP contribution in [0.25, 0.3) is 11.5 Å². The second-order valence-corrected chi connectivity index (χ2v) is 7.01. The molecular formula is C15H15FN6OS. The summed E-state index contributed by atoms with van der Waals surface area (Å²) in [4.78, 5) is 0. The third-order valence-corrected chi connectivity index (χ3v) is 4.84. The molecule has 1 aliphatic rings. The van der Waals surface area contributed by atoms with Crippen LogP contribution in [0.3, 0.4) is 0 Å². The molecule has 1 aliphatic carbocycles. The van der Waals surface area contributed by atoms with E-state index in [1.807, 2.05) is 6.92 Å². The summed E-state index contributed by atoms with van der Waals surface area (Å²) in [7, 11) is 0. The molecule has 24 heavy (non-hydrogen) atoms. The van der Waals surface area contributed by atoms with Crippen molar-refractivity contribution in [2.24, 2.45) is 0 Å². The maximum Gasteiger partial charge on any atom is 0.247 e. The predicted molar refractivity (Wildman–Crippen MR) is 86.1 cm³/mol. The van der Waals surface area contributed by atoms with Gasteiger partial charge in [-0.1, -0.05) is 11.8 Å². The highest BCUT2D eigenvalue weighted by Gasteiger charge is 2.30. The fraction of sp³-hybridized carbons (Fsp3) is 0.333. The Labute approximate surface area is 141 Å². The number of nitrogen functional groups attached to an aromatic ring is 1. The molecule has 0 aliphatic heterocycles. The molecule has 1 fully saturated rings. The number of benzene rings is 1. The van der Waals surface area contributed by atoms with Gasteiger partial charge in [-0.3, -0.25) is 0 Å². The zero-order valence-corrected chi connectivity index (χ0v) is 13.7. The Morgan fingerprint density at radius 2 is 1.96 bits per heavy atom. The molecule has 3 aromatic rings. The van der Waals surface area contributed by atoms with Crippen molar-refractivity contribution in [3.8, 4) is 11.5 Å². The first-order chi connectivity index (χ1) is 11.6. The van der Waals surface area contributed by atoms with Gasteiger partial charge in [-0.05, 0) is 44.0 Å². The molecule has 7 nitrogen and oxygen atoms in total. The fourth-order valence-corrected chi connectivity index (χ4v) is 3.11. The molecule has 1 atom stereocenters. The molecule has 1 saturated carbocycles. The number of thioether (sulfide) groups is 1. The van der Waals surface area contributed by atoms with Crippen molar-refractivity contribution in [2.75, 3.05) is 5.84 Å². The van der Waals surface area contributed by atoms with Crippen LogP contribution < -0.4 is 5.84 Å². The van der Waals surface area contributed by atoms with E-state index in [1.165, 1.54) is 28.6 Å². The predicted octanol–water partition coefficient (Wildman–Crippen LogP) is 2.91. The second-order valence-electron chi connectivity index (χ2n) is 5.70. The van der Waals surface area contributed by atoms with Crippen molar-refractivity contribution in [1.29, 1.82) is 0 Å². The normalized spacial score (nSPS) is 15.6. The third-order valence-electron chi connectivity index (χ3n) is 3.80. The van der Waals surface area contributed by atoms with E-state index in [-0.39, 0.29) is 11.1 Å². The maximum absolute atomic E-state index is 13.0. The number of nitrogens with zero attached hydrogens (tertiary/aromatic N) is 5. The zero-order chi connectivity index (χ0) is 16.7. The maximum atomic E-state index is 13.0. The van der Waals surface area contributed by atoms with E-state index in [4.69, 9.17) is 10.3 Å². The monoisotopic (exact) mass is 346 g/mol. The standard InChI is InChI=1S/C15H15FN6OS/c1-8(24-15-21-18-12(22(15)17)9-2-3-9)13-19-20-14(23-13)10-4-6-11(16)7-5-10/h4-9H,2-3,17H2,1H3/t8-/m0/s1. The molecule has 0 saturated heterocycles. The molecule has 2 aromatic heterocycles. The molecule has 0 radical (unpaired) electrons. The van der Waals surface area contributed by atoms with Crippen LogP contribution >= 0.6 is 11.8 Å². The largest absolute Gasteiger partial charge is 0.419 e. The molecule has 4 rings (SSSR count). The van der Waals surface area contributed by atoms with Gasteiger partial charge in [0.1, 0.15) is 5.82 Å². The van der Waals surface area contributed by atoms with Gasteiger partial charge in [0.05, 0.1) is 5.25 Å². The van der Waals surface area contributed by atoms with Crippen molar-refractivity contribution in [1.82, 2.24) is 25.1 Å². The molecular weight excluding hydrogens is 331 g/mol.